The molecule has 2 aliphatic rings. The number of benzene rings is 1. The third-order valence-electron chi connectivity index (χ3n) is 5.25. The molecule has 136 valence electrons. The van der Waals surface area contributed by atoms with Crippen LogP contribution in [0.3, 0.4) is 0 Å². The Bertz CT molecular complexity index is 1090. The first-order valence-corrected chi connectivity index (χ1v) is 9.31. The fourth-order valence-electron chi connectivity index (χ4n) is 3.60. The van der Waals surface area contributed by atoms with Crippen LogP contribution in [0.2, 0.25) is 0 Å². The van der Waals surface area contributed by atoms with Gasteiger partial charge in [-0.15, -0.1) is 0 Å². The van der Waals surface area contributed by atoms with Gasteiger partial charge < -0.3 is 9.51 Å². The maximum Gasteiger partial charge on any atom is 0.254 e. The molecule has 6 heteroatoms. The van der Waals surface area contributed by atoms with Gasteiger partial charge in [-0.1, -0.05) is 17.3 Å². The maximum absolute atomic E-state index is 12.4. The van der Waals surface area contributed by atoms with Gasteiger partial charge in [0.2, 0.25) is 0 Å². The van der Waals surface area contributed by atoms with E-state index >= 15 is 0 Å². The Balaban J connectivity index is 1.45. The molecule has 1 saturated carbocycles. The number of allylic oxidation sites excluding steroid dienone is 1. The lowest BCUT2D eigenvalue weighted by Gasteiger charge is -2.03. The van der Waals surface area contributed by atoms with Crippen LogP contribution in [0.15, 0.2) is 22.7 Å². The SMILES string of the molecule is Cc1noc(C2=Cc3cc(-c4nc(C(=O)CC5CC5)[nH]c4C)ccc3C2)n1. The van der Waals surface area contributed by atoms with E-state index in [1.807, 2.05) is 13.8 Å². The number of hydrogen-bond donors (Lipinski definition) is 1. The van der Waals surface area contributed by atoms with Gasteiger partial charge in [0.05, 0.1) is 5.69 Å². The van der Waals surface area contributed by atoms with Crippen LogP contribution in [0.4, 0.5) is 0 Å². The van der Waals surface area contributed by atoms with Crippen molar-refractivity contribution in [1.29, 1.82) is 0 Å². The van der Waals surface area contributed by atoms with E-state index in [1.54, 1.807) is 0 Å². The van der Waals surface area contributed by atoms with Crippen molar-refractivity contribution < 1.29 is 9.32 Å². The third-order valence-corrected chi connectivity index (χ3v) is 5.25. The van der Waals surface area contributed by atoms with Gasteiger partial charge in [-0.05, 0) is 55.9 Å². The number of carbonyl (C=O) groups is 1. The standard InChI is InChI=1S/C21H20N4O2/c1-11-19(24-20(22-11)18(26)7-13-3-4-13)15-6-5-14-8-17(10-16(14)9-15)21-23-12(2)25-27-21/h5-6,9-10,13H,3-4,7-8H2,1-2H3,(H,22,24). The second-order valence-electron chi connectivity index (χ2n) is 7.54. The fourth-order valence-corrected chi connectivity index (χ4v) is 3.60. The van der Waals surface area contributed by atoms with Crippen molar-refractivity contribution in [3.8, 4) is 11.3 Å². The molecule has 0 atom stereocenters. The molecule has 3 aromatic rings. The average molecular weight is 360 g/mol. The largest absolute Gasteiger partial charge is 0.339 e. The molecule has 2 aliphatic carbocycles. The first-order valence-electron chi connectivity index (χ1n) is 9.31. The van der Waals surface area contributed by atoms with Crippen LogP contribution in [0.5, 0.6) is 0 Å². The highest BCUT2D eigenvalue weighted by Gasteiger charge is 2.27. The van der Waals surface area contributed by atoms with Crippen molar-refractivity contribution >= 4 is 17.4 Å². The Morgan fingerprint density at radius 3 is 2.85 bits per heavy atom. The Hall–Kier alpha value is -3.02. The van der Waals surface area contributed by atoms with Crippen LogP contribution in [0.1, 0.15) is 58.4 Å². The summed E-state index contributed by atoms with van der Waals surface area (Å²) in [6.07, 6.45) is 5.80. The first-order chi connectivity index (χ1) is 13.1. The van der Waals surface area contributed by atoms with Crippen LogP contribution in [0.25, 0.3) is 22.9 Å². The van der Waals surface area contributed by atoms with E-state index in [4.69, 9.17) is 4.52 Å². The average Bonchev–Trinajstić information content (AvgIpc) is 3.05. The van der Waals surface area contributed by atoms with Crippen molar-refractivity contribution in [3.63, 3.8) is 0 Å². The van der Waals surface area contributed by atoms with E-state index in [0.717, 1.165) is 47.4 Å². The Morgan fingerprint density at radius 2 is 2.11 bits per heavy atom. The highest BCUT2D eigenvalue weighted by atomic mass is 16.5. The Kier molecular flexibility index (Phi) is 3.60. The summed E-state index contributed by atoms with van der Waals surface area (Å²) < 4.78 is 5.30. The molecular formula is C21H20N4O2. The zero-order chi connectivity index (χ0) is 18.5. The van der Waals surface area contributed by atoms with Crippen molar-refractivity contribution in [2.24, 2.45) is 5.92 Å². The lowest BCUT2D eigenvalue weighted by molar-refractivity contribution is 0.0967. The summed E-state index contributed by atoms with van der Waals surface area (Å²) in [5.74, 6) is 2.37. The number of nitrogens with one attached hydrogen (secondary N) is 1. The topological polar surface area (TPSA) is 84.7 Å². The summed E-state index contributed by atoms with van der Waals surface area (Å²) >= 11 is 0. The lowest BCUT2D eigenvalue weighted by Crippen LogP contribution is -2.02. The summed E-state index contributed by atoms with van der Waals surface area (Å²) in [6, 6.07) is 6.29. The smallest absolute Gasteiger partial charge is 0.254 e. The normalized spacial score (nSPS) is 15.7. The fraction of sp³-hybridized carbons (Fsp3) is 0.333. The van der Waals surface area contributed by atoms with Crippen LogP contribution in [-0.4, -0.2) is 25.9 Å². The summed E-state index contributed by atoms with van der Waals surface area (Å²) in [7, 11) is 0. The number of hydrogen-bond acceptors (Lipinski definition) is 5. The number of aromatic amines is 1. The van der Waals surface area contributed by atoms with E-state index in [1.165, 1.54) is 5.56 Å². The minimum atomic E-state index is 0.113. The number of carbonyl (C=O) groups excluding carboxylic acids is 1. The van der Waals surface area contributed by atoms with Gasteiger partial charge in [-0.3, -0.25) is 4.79 Å². The zero-order valence-corrected chi connectivity index (χ0v) is 15.4. The van der Waals surface area contributed by atoms with E-state index in [0.29, 0.717) is 29.9 Å². The lowest BCUT2D eigenvalue weighted by atomic mass is 10.0. The molecule has 2 heterocycles. The second-order valence-corrected chi connectivity index (χ2v) is 7.54. The molecule has 1 N–H and O–H groups in total. The molecular weight excluding hydrogens is 340 g/mol. The molecule has 1 aromatic carbocycles. The van der Waals surface area contributed by atoms with Crippen LogP contribution < -0.4 is 0 Å². The third kappa shape index (κ3) is 3.01. The highest BCUT2D eigenvalue weighted by molar-refractivity contribution is 5.94. The number of nitrogens with zero attached hydrogens (tertiary/aromatic N) is 3. The van der Waals surface area contributed by atoms with E-state index in [2.05, 4.69) is 44.4 Å². The minimum Gasteiger partial charge on any atom is -0.339 e. The molecule has 27 heavy (non-hydrogen) atoms. The van der Waals surface area contributed by atoms with Crippen molar-refractivity contribution in [3.05, 3.63) is 52.6 Å². The number of rotatable bonds is 5. The number of fused-ring (bicyclic) bond motifs is 1. The van der Waals surface area contributed by atoms with Gasteiger partial charge in [-0.25, -0.2) is 4.98 Å². The highest BCUT2D eigenvalue weighted by Crippen LogP contribution is 2.35. The van der Waals surface area contributed by atoms with Crippen LogP contribution in [-0.2, 0) is 6.42 Å². The van der Waals surface area contributed by atoms with Gasteiger partial charge in [0.25, 0.3) is 5.89 Å². The first kappa shape index (κ1) is 16.2. The molecule has 0 aliphatic heterocycles. The van der Waals surface area contributed by atoms with Crippen molar-refractivity contribution in [2.75, 3.05) is 0 Å². The van der Waals surface area contributed by atoms with E-state index < -0.39 is 0 Å². The molecule has 6 nitrogen and oxygen atoms in total. The summed E-state index contributed by atoms with van der Waals surface area (Å²) in [5, 5.41) is 3.87. The van der Waals surface area contributed by atoms with Crippen molar-refractivity contribution in [2.45, 2.75) is 39.5 Å². The number of aromatic nitrogens is 4. The number of imidazole rings is 1. The minimum absolute atomic E-state index is 0.113. The van der Waals surface area contributed by atoms with Gasteiger partial charge in [0, 0.05) is 29.7 Å². The van der Waals surface area contributed by atoms with E-state index in [-0.39, 0.29) is 5.78 Å². The zero-order valence-electron chi connectivity index (χ0n) is 15.4. The van der Waals surface area contributed by atoms with Crippen LogP contribution >= 0.6 is 0 Å². The predicted molar refractivity (Wildman–Crippen MR) is 101 cm³/mol. The molecule has 0 amide bonds. The van der Waals surface area contributed by atoms with Gasteiger partial charge in [0.1, 0.15) is 0 Å². The van der Waals surface area contributed by atoms with Gasteiger partial charge in [-0.2, -0.15) is 4.98 Å². The van der Waals surface area contributed by atoms with Crippen LogP contribution in [0, 0.1) is 19.8 Å². The monoisotopic (exact) mass is 360 g/mol. The molecule has 0 bridgehead atoms. The Morgan fingerprint density at radius 1 is 1.26 bits per heavy atom. The summed E-state index contributed by atoms with van der Waals surface area (Å²) in [4.78, 5) is 24.4. The number of ketones is 1. The molecule has 0 spiro atoms. The molecule has 2 aromatic heterocycles. The number of aryl methyl sites for hydroxylation is 2. The quantitative estimate of drug-likeness (QED) is 0.691. The molecule has 0 saturated heterocycles. The number of H-pyrrole nitrogens is 1. The molecule has 0 unspecified atom stereocenters. The summed E-state index contributed by atoms with van der Waals surface area (Å²) in [6.45, 7) is 3.78. The number of Topliss-reactive ketones (excluding diaryl/α,β-unsaturated/α-hetero) is 1. The summed E-state index contributed by atoms with van der Waals surface area (Å²) in [5.41, 5.74) is 6.15. The molecule has 0 radical (unpaired) electrons. The Labute approximate surface area is 156 Å². The van der Waals surface area contributed by atoms with E-state index in [9.17, 15) is 4.79 Å². The van der Waals surface area contributed by atoms with Crippen molar-refractivity contribution in [1.82, 2.24) is 20.1 Å². The maximum atomic E-state index is 12.4. The predicted octanol–water partition coefficient (Wildman–Crippen LogP) is 4.16. The second kappa shape index (κ2) is 6.01. The molecule has 5 rings (SSSR count). The van der Waals surface area contributed by atoms with Gasteiger partial charge >= 0.3 is 0 Å². The molecule has 1 fully saturated rings. The van der Waals surface area contributed by atoms with Gasteiger partial charge in [0.15, 0.2) is 17.4 Å².